The van der Waals surface area contributed by atoms with Gasteiger partial charge in [0.1, 0.15) is 12.4 Å². The Morgan fingerprint density at radius 2 is 1.92 bits per heavy atom. The molecular weight excluding hydrogens is 468 g/mol. The van der Waals surface area contributed by atoms with Gasteiger partial charge in [-0.15, -0.1) is 0 Å². The first kappa shape index (κ1) is 19.0. The number of anilines is 1. The molecule has 24 heavy (non-hydrogen) atoms. The number of rotatable bonds is 6. The van der Waals surface area contributed by atoms with Crippen molar-refractivity contribution in [1.29, 1.82) is 0 Å². The number of hydrogen-bond donors (Lipinski definition) is 2. The highest BCUT2D eigenvalue weighted by atomic mass is 79.9. The van der Waals surface area contributed by atoms with E-state index in [9.17, 15) is 9.18 Å². The van der Waals surface area contributed by atoms with Crippen LogP contribution in [-0.4, -0.2) is 18.1 Å². The highest BCUT2D eigenvalue weighted by Crippen LogP contribution is 2.36. The largest absolute Gasteiger partial charge is 0.486 e. The summed E-state index contributed by atoms with van der Waals surface area (Å²) >= 11 is 12.7. The third-order valence-corrected chi connectivity index (χ3v) is 4.56. The van der Waals surface area contributed by atoms with Gasteiger partial charge in [-0.2, -0.15) is 0 Å². The van der Waals surface area contributed by atoms with Crippen LogP contribution in [0.25, 0.3) is 0 Å². The minimum Gasteiger partial charge on any atom is -0.486 e. The summed E-state index contributed by atoms with van der Waals surface area (Å²) in [4.78, 5) is 10.8. The van der Waals surface area contributed by atoms with Gasteiger partial charge in [0.15, 0.2) is 5.82 Å². The zero-order valence-corrected chi connectivity index (χ0v) is 16.4. The van der Waals surface area contributed by atoms with E-state index in [0.717, 1.165) is 0 Å². The molecule has 2 N–H and O–H groups in total. The number of nitrogens with one attached hydrogen (secondary N) is 1. The van der Waals surface area contributed by atoms with E-state index in [1.54, 1.807) is 19.2 Å². The molecule has 0 heterocycles. The van der Waals surface area contributed by atoms with Crippen molar-refractivity contribution in [3.63, 3.8) is 0 Å². The third kappa shape index (κ3) is 4.62. The summed E-state index contributed by atoms with van der Waals surface area (Å²) in [5.41, 5.74) is 1.20. The number of benzene rings is 2. The predicted octanol–water partition coefficient (Wildman–Crippen LogP) is 5.25. The van der Waals surface area contributed by atoms with Crippen LogP contribution in [0.4, 0.5) is 10.1 Å². The molecule has 4 nitrogen and oxygen atoms in total. The van der Waals surface area contributed by atoms with Gasteiger partial charge in [0.25, 0.3) is 0 Å². The van der Waals surface area contributed by atoms with E-state index in [2.05, 4.69) is 37.2 Å². The SMILES string of the molecule is CNc1cc(Cl)cc(COc2c(Br)cc(CC(=O)O)cc2Br)c1F. The molecule has 2 aromatic carbocycles. The summed E-state index contributed by atoms with van der Waals surface area (Å²) in [7, 11) is 1.60. The second-order valence-electron chi connectivity index (χ2n) is 4.92. The van der Waals surface area contributed by atoms with Crippen molar-refractivity contribution in [3.8, 4) is 5.75 Å². The van der Waals surface area contributed by atoms with Crippen LogP contribution in [0.5, 0.6) is 5.75 Å². The van der Waals surface area contributed by atoms with E-state index in [-0.39, 0.29) is 18.7 Å². The van der Waals surface area contributed by atoms with E-state index in [0.29, 0.717) is 30.8 Å². The average Bonchev–Trinajstić information content (AvgIpc) is 2.48. The molecule has 0 saturated carbocycles. The molecule has 0 saturated heterocycles. The monoisotopic (exact) mass is 479 g/mol. The molecule has 0 spiro atoms. The molecule has 0 radical (unpaired) electrons. The Morgan fingerprint density at radius 3 is 2.46 bits per heavy atom. The maximum atomic E-state index is 14.3. The van der Waals surface area contributed by atoms with Crippen molar-refractivity contribution in [2.75, 3.05) is 12.4 Å². The van der Waals surface area contributed by atoms with E-state index >= 15 is 0 Å². The fraction of sp³-hybridized carbons (Fsp3) is 0.188. The lowest BCUT2D eigenvalue weighted by molar-refractivity contribution is -0.136. The smallest absolute Gasteiger partial charge is 0.307 e. The number of carboxylic acids is 1. The van der Waals surface area contributed by atoms with Crippen molar-refractivity contribution < 1.29 is 19.0 Å². The lowest BCUT2D eigenvalue weighted by atomic mass is 10.1. The standard InChI is InChI=1S/C16H13Br2ClFNO3/c1-21-13-6-10(19)5-9(15(13)20)7-24-16-11(17)2-8(3-12(16)18)4-14(22)23/h2-3,5-6,21H,4,7H2,1H3,(H,22,23). The number of ether oxygens (including phenoxy) is 1. The van der Waals surface area contributed by atoms with E-state index < -0.39 is 11.8 Å². The first-order valence-corrected chi connectivity index (χ1v) is 8.76. The molecule has 0 aliphatic rings. The first-order valence-electron chi connectivity index (χ1n) is 6.80. The van der Waals surface area contributed by atoms with Crippen molar-refractivity contribution >= 4 is 55.1 Å². The Hall–Kier alpha value is -1.31. The fourth-order valence-corrected chi connectivity index (χ4v) is 3.86. The Morgan fingerprint density at radius 1 is 1.29 bits per heavy atom. The maximum Gasteiger partial charge on any atom is 0.307 e. The van der Waals surface area contributed by atoms with Crippen molar-refractivity contribution in [1.82, 2.24) is 0 Å². The van der Waals surface area contributed by atoms with Crippen LogP contribution in [0.1, 0.15) is 11.1 Å². The van der Waals surface area contributed by atoms with Gasteiger partial charge in [-0.3, -0.25) is 4.79 Å². The highest BCUT2D eigenvalue weighted by molar-refractivity contribution is 9.11. The Kier molecular flexibility index (Phi) is 6.48. The number of hydrogen-bond acceptors (Lipinski definition) is 3. The quantitative estimate of drug-likeness (QED) is 0.592. The van der Waals surface area contributed by atoms with E-state index in [1.165, 1.54) is 12.1 Å². The van der Waals surface area contributed by atoms with Gasteiger partial charge in [0.2, 0.25) is 0 Å². The molecule has 0 unspecified atom stereocenters. The molecule has 128 valence electrons. The van der Waals surface area contributed by atoms with E-state index in [4.69, 9.17) is 21.4 Å². The molecule has 0 bridgehead atoms. The normalized spacial score (nSPS) is 10.5. The fourth-order valence-electron chi connectivity index (χ4n) is 2.11. The van der Waals surface area contributed by atoms with Crippen LogP contribution in [-0.2, 0) is 17.8 Å². The van der Waals surface area contributed by atoms with Crippen LogP contribution < -0.4 is 10.1 Å². The summed E-state index contributed by atoms with van der Waals surface area (Å²) in [5, 5.41) is 12.0. The van der Waals surface area contributed by atoms with E-state index in [1.807, 2.05) is 0 Å². The molecule has 8 heteroatoms. The summed E-state index contributed by atoms with van der Waals surface area (Å²) in [6.45, 7) is -0.0312. The number of carboxylic acid groups (broad SMARTS) is 1. The number of halogens is 4. The predicted molar refractivity (Wildman–Crippen MR) is 98.5 cm³/mol. The Bertz CT molecular complexity index is 763. The second-order valence-corrected chi connectivity index (χ2v) is 7.07. The van der Waals surface area contributed by atoms with Crippen molar-refractivity contribution in [2.45, 2.75) is 13.0 Å². The minimum atomic E-state index is -0.928. The zero-order chi connectivity index (χ0) is 17.9. The van der Waals surface area contributed by atoms with Gasteiger partial charge < -0.3 is 15.2 Å². The Labute approximate surface area is 160 Å². The number of carbonyl (C=O) groups is 1. The minimum absolute atomic E-state index is 0.0312. The van der Waals surface area contributed by atoms with Gasteiger partial charge in [-0.1, -0.05) is 11.6 Å². The van der Waals surface area contributed by atoms with Crippen LogP contribution in [0.15, 0.2) is 33.2 Å². The topological polar surface area (TPSA) is 58.6 Å². The van der Waals surface area contributed by atoms with Gasteiger partial charge in [0.05, 0.1) is 21.1 Å². The van der Waals surface area contributed by atoms with Crippen molar-refractivity contribution in [2.24, 2.45) is 0 Å². The molecule has 0 fully saturated rings. The van der Waals surface area contributed by atoms with Gasteiger partial charge in [-0.25, -0.2) is 4.39 Å². The second kappa shape index (κ2) is 8.18. The molecule has 0 amide bonds. The lowest BCUT2D eigenvalue weighted by Crippen LogP contribution is -2.04. The van der Waals surface area contributed by atoms with Crippen LogP contribution in [0.2, 0.25) is 5.02 Å². The molecule has 0 aliphatic heterocycles. The summed E-state index contributed by atoms with van der Waals surface area (Å²) in [5.74, 6) is -0.908. The van der Waals surface area contributed by atoms with Crippen LogP contribution >= 0.6 is 43.5 Å². The highest BCUT2D eigenvalue weighted by Gasteiger charge is 2.14. The van der Waals surface area contributed by atoms with Crippen LogP contribution in [0, 0.1) is 5.82 Å². The van der Waals surface area contributed by atoms with Gasteiger partial charge in [0, 0.05) is 17.6 Å². The van der Waals surface area contributed by atoms with Crippen LogP contribution in [0.3, 0.4) is 0 Å². The average molecular weight is 482 g/mol. The maximum absolute atomic E-state index is 14.3. The molecule has 0 atom stereocenters. The molecule has 0 aromatic heterocycles. The van der Waals surface area contributed by atoms with Crippen molar-refractivity contribution in [3.05, 3.63) is 55.2 Å². The van der Waals surface area contributed by atoms with Gasteiger partial charge in [-0.05, 0) is 61.7 Å². The zero-order valence-electron chi connectivity index (χ0n) is 12.5. The Balaban J connectivity index is 2.24. The molecule has 2 rings (SSSR count). The first-order chi connectivity index (χ1) is 11.3. The third-order valence-electron chi connectivity index (χ3n) is 3.17. The molecular formula is C16H13Br2ClFNO3. The summed E-state index contributed by atoms with van der Waals surface area (Å²) < 4.78 is 21.1. The molecule has 0 aliphatic carbocycles. The lowest BCUT2D eigenvalue weighted by Gasteiger charge is -2.14. The molecule has 2 aromatic rings. The summed E-state index contributed by atoms with van der Waals surface area (Å²) in [6.07, 6.45) is -0.105. The number of aliphatic carboxylic acids is 1. The summed E-state index contributed by atoms with van der Waals surface area (Å²) in [6, 6.07) is 6.30. The van der Waals surface area contributed by atoms with Gasteiger partial charge >= 0.3 is 5.97 Å².